The van der Waals surface area contributed by atoms with Crippen molar-refractivity contribution >= 4 is 16.5 Å². The Balaban J connectivity index is 1.93. The van der Waals surface area contributed by atoms with Crippen molar-refractivity contribution in [2.45, 2.75) is 45.4 Å². The number of hydrogen-bond acceptors (Lipinski definition) is 5. The molecule has 0 aliphatic heterocycles. The van der Waals surface area contributed by atoms with E-state index in [1.807, 2.05) is 19.1 Å². The minimum absolute atomic E-state index is 0.619. The summed E-state index contributed by atoms with van der Waals surface area (Å²) in [7, 11) is 3.38. The predicted octanol–water partition coefficient (Wildman–Crippen LogP) is 4.84. The van der Waals surface area contributed by atoms with Crippen LogP contribution in [-0.2, 0) is 6.42 Å². The molecule has 130 valence electrons. The number of rotatable bonds is 6. The Morgan fingerprint density at radius 2 is 1.88 bits per heavy atom. The van der Waals surface area contributed by atoms with E-state index in [-0.39, 0.29) is 0 Å². The molecule has 3 rings (SSSR count). The summed E-state index contributed by atoms with van der Waals surface area (Å²) in [6.07, 6.45) is 7.75. The first-order chi connectivity index (χ1) is 11.6. The number of nitrogen functional groups attached to an aromatic ring is 1. The number of nitrogens with two attached hydrogens (primary N) is 1. The largest absolute Gasteiger partial charge is 0.496 e. The quantitative estimate of drug-likeness (QED) is 0.813. The molecule has 1 aliphatic rings. The van der Waals surface area contributed by atoms with Gasteiger partial charge >= 0.3 is 0 Å². The van der Waals surface area contributed by atoms with Gasteiger partial charge in [-0.2, -0.15) is 0 Å². The summed E-state index contributed by atoms with van der Waals surface area (Å²) in [5.74, 6) is 2.52. The van der Waals surface area contributed by atoms with Crippen molar-refractivity contribution in [2.75, 3.05) is 20.0 Å². The first-order valence-electron chi connectivity index (χ1n) is 8.60. The third-order valence-electron chi connectivity index (χ3n) is 4.94. The Kier molecular flexibility index (Phi) is 5.29. The molecule has 1 aromatic heterocycles. The fourth-order valence-electron chi connectivity index (χ4n) is 3.62. The lowest BCUT2D eigenvalue weighted by Gasteiger charge is -2.13. The molecular formula is C19H26N2O2S. The first-order valence-corrected chi connectivity index (χ1v) is 9.42. The highest BCUT2D eigenvalue weighted by atomic mass is 32.1. The smallest absolute Gasteiger partial charge is 0.180 e. The van der Waals surface area contributed by atoms with E-state index in [1.54, 1.807) is 25.6 Å². The average Bonchev–Trinajstić information content (AvgIpc) is 3.21. The zero-order valence-corrected chi connectivity index (χ0v) is 15.5. The van der Waals surface area contributed by atoms with Crippen LogP contribution in [0.3, 0.4) is 0 Å². The molecule has 0 saturated heterocycles. The van der Waals surface area contributed by atoms with Gasteiger partial charge < -0.3 is 15.2 Å². The second kappa shape index (κ2) is 7.43. The number of methoxy groups -OCH3 is 2. The van der Waals surface area contributed by atoms with Gasteiger partial charge in [-0.05, 0) is 43.4 Å². The third kappa shape index (κ3) is 3.51. The molecule has 1 heterocycles. The number of benzene rings is 1. The van der Waals surface area contributed by atoms with Crippen LogP contribution in [0, 0.1) is 12.8 Å². The molecule has 1 aliphatic carbocycles. The highest BCUT2D eigenvalue weighted by Crippen LogP contribution is 2.40. The Labute approximate surface area is 148 Å². The predicted molar refractivity (Wildman–Crippen MR) is 100 cm³/mol. The monoisotopic (exact) mass is 346 g/mol. The van der Waals surface area contributed by atoms with Crippen LogP contribution in [0.4, 0.5) is 5.13 Å². The van der Waals surface area contributed by atoms with E-state index in [2.05, 4.69) is 4.98 Å². The van der Waals surface area contributed by atoms with Crippen LogP contribution in [0.5, 0.6) is 11.5 Å². The minimum atomic E-state index is 0.619. The van der Waals surface area contributed by atoms with E-state index in [0.717, 1.165) is 40.7 Å². The summed E-state index contributed by atoms with van der Waals surface area (Å²) in [5.41, 5.74) is 8.99. The Hall–Kier alpha value is -1.75. The number of anilines is 1. The molecule has 0 unspecified atom stereocenters. The maximum Gasteiger partial charge on any atom is 0.180 e. The van der Waals surface area contributed by atoms with Crippen LogP contribution in [0.15, 0.2) is 12.1 Å². The molecule has 5 heteroatoms. The zero-order valence-electron chi connectivity index (χ0n) is 14.7. The number of aryl methyl sites for hydroxylation is 2. The van der Waals surface area contributed by atoms with Crippen molar-refractivity contribution < 1.29 is 9.47 Å². The molecule has 0 radical (unpaired) electrons. The summed E-state index contributed by atoms with van der Waals surface area (Å²) in [6.45, 7) is 2.02. The normalized spacial score (nSPS) is 15.0. The highest BCUT2D eigenvalue weighted by molar-refractivity contribution is 7.15. The lowest BCUT2D eigenvalue weighted by molar-refractivity contribution is 0.401. The zero-order chi connectivity index (χ0) is 17.1. The lowest BCUT2D eigenvalue weighted by atomic mass is 9.99. The van der Waals surface area contributed by atoms with E-state index >= 15 is 0 Å². The van der Waals surface area contributed by atoms with E-state index in [1.165, 1.54) is 37.0 Å². The van der Waals surface area contributed by atoms with Crippen LogP contribution in [0.2, 0.25) is 0 Å². The van der Waals surface area contributed by atoms with Gasteiger partial charge in [0.05, 0.1) is 19.9 Å². The van der Waals surface area contributed by atoms with Gasteiger partial charge in [0, 0.05) is 10.4 Å². The fourth-order valence-corrected chi connectivity index (χ4v) is 4.48. The van der Waals surface area contributed by atoms with E-state index < -0.39 is 0 Å². The minimum Gasteiger partial charge on any atom is -0.496 e. The van der Waals surface area contributed by atoms with Gasteiger partial charge in [0.25, 0.3) is 0 Å². The molecule has 0 amide bonds. The maximum absolute atomic E-state index is 6.03. The van der Waals surface area contributed by atoms with Gasteiger partial charge in [-0.25, -0.2) is 4.98 Å². The van der Waals surface area contributed by atoms with Gasteiger partial charge in [-0.1, -0.05) is 25.7 Å². The molecule has 1 saturated carbocycles. The number of thiazole rings is 1. The number of aromatic nitrogens is 1. The second-order valence-corrected chi connectivity index (χ2v) is 7.65. The van der Waals surface area contributed by atoms with Gasteiger partial charge in [0.1, 0.15) is 11.5 Å². The molecular weight excluding hydrogens is 320 g/mol. The Bertz CT molecular complexity index is 706. The standard InChI is InChI=1S/C19H26N2O2S/c1-12-10-16(23-3)14(11-15(12)22-2)18-17(24-19(20)21-18)9-8-13-6-4-5-7-13/h10-11,13H,4-9H2,1-3H3,(H2,20,21). The molecule has 1 fully saturated rings. The third-order valence-corrected chi connectivity index (χ3v) is 5.88. The first kappa shape index (κ1) is 17.1. The van der Waals surface area contributed by atoms with Crippen LogP contribution >= 0.6 is 11.3 Å². The molecule has 4 nitrogen and oxygen atoms in total. The fraction of sp³-hybridized carbons (Fsp3) is 0.526. The molecule has 24 heavy (non-hydrogen) atoms. The van der Waals surface area contributed by atoms with Crippen molar-refractivity contribution in [3.8, 4) is 22.8 Å². The van der Waals surface area contributed by atoms with Crippen LogP contribution in [0.1, 0.15) is 42.5 Å². The van der Waals surface area contributed by atoms with E-state index in [4.69, 9.17) is 15.2 Å². The van der Waals surface area contributed by atoms with Gasteiger partial charge in [0.15, 0.2) is 5.13 Å². The van der Waals surface area contributed by atoms with Gasteiger partial charge in [0.2, 0.25) is 0 Å². The molecule has 0 spiro atoms. The lowest BCUT2D eigenvalue weighted by Crippen LogP contribution is -1.98. The van der Waals surface area contributed by atoms with Crippen LogP contribution < -0.4 is 15.2 Å². The van der Waals surface area contributed by atoms with Crippen molar-refractivity contribution in [1.82, 2.24) is 4.98 Å². The Morgan fingerprint density at radius 3 is 2.54 bits per heavy atom. The molecule has 0 atom stereocenters. The van der Waals surface area contributed by atoms with Crippen LogP contribution in [-0.4, -0.2) is 19.2 Å². The summed E-state index contributed by atoms with van der Waals surface area (Å²) in [5, 5.41) is 0.619. The van der Waals surface area contributed by atoms with Crippen LogP contribution in [0.25, 0.3) is 11.3 Å². The summed E-state index contributed by atoms with van der Waals surface area (Å²) in [6, 6.07) is 4.02. The van der Waals surface area contributed by atoms with E-state index in [9.17, 15) is 0 Å². The van der Waals surface area contributed by atoms with Crippen molar-refractivity contribution in [1.29, 1.82) is 0 Å². The average molecular weight is 346 g/mol. The van der Waals surface area contributed by atoms with Crippen molar-refractivity contribution in [3.05, 3.63) is 22.6 Å². The van der Waals surface area contributed by atoms with Crippen molar-refractivity contribution in [3.63, 3.8) is 0 Å². The highest BCUT2D eigenvalue weighted by Gasteiger charge is 2.20. The number of hydrogen-bond donors (Lipinski definition) is 1. The summed E-state index contributed by atoms with van der Waals surface area (Å²) in [4.78, 5) is 5.85. The van der Waals surface area contributed by atoms with Crippen molar-refractivity contribution in [2.24, 2.45) is 5.92 Å². The SMILES string of the molecule is COc1cc(-c2nc(N)sc2CCC2CCCC2)c(OC)cc1C. The topological polar surface area (TPSA) is 57.4 Å². The molecule has 0 bridgehead atoms. The molecule has 2 aromatic rings. The van der Waals surface area contributed by atoms with Gasteiger partial charge in [-0.15, -0.1) is 11.3 Å². The van der Waals surface area contributed by atoms with Gasteiger partial charge in [-0.3, -0.25) is 0 Å². The summed E-state index contributed by atoms with van der Waals surface area (Å²) >= 11 is 1.60. The Morgan fingerprint density at radius 1 is 1.17 bits per heavy atom. The molecule has 1 aromatic carbocycles. The maximum atomic E-state index is 6.03. The second-order valence-electron chi connectivity index (χ2n) is 6.54. The van der Waals surface area contributed by atoms with E-state index in [0.29, 0.717) is 5.13 Å². The number of nitrogens with zero attached hydrogens (tertiary/aromatic N) is 1. The molecule has 2 N–H and O–H groups in total. The summed E-state index contributed by atoms with van der Waals surface area (Å²) < 4.78 is 11.1. The number of ether oxygens (including phenoxy) is 2.